The molecule has 0 aliphatic heterocycles. The van der Waals surface area contributed by atoms with Gasteiger partial charge in [0.2, 0.25) is 17.7 Å². The minimum absolute atomic E-state index is 0.125. The number of unbranched alkanes of at least 4 members (excludes halogenated alkanes) is 3. The van der Waals surface area contributed by atoms with Crippen molar-refractivity contribution in [3.8, 4) is 0 Å². The van der Waals surface area contributed by atoms with Gasteiger partial charge in [0.1, 0.15) is 12.1 Å². The smallest absolute Gasteiger partial charge is 0.312 e. The van der Waals surface area contributed by atoms with E-state index in [2.05, 4.69) is 31.3 Å². The van der Waals surface area contributed by atoms with Gasteiger partial charge in [-0.15, -0.1) is 0 Å². The van der Waals surface area contributed by atoms with Crippen molar-refractivity contribution in [1.29, 1.82) is 0 Å². The van der Waals surface area contributed by atoms with Gasteiger partial charge in [-0.05, 0) is 54.8 Å². The molecule has 0 bridgehead atoms. The summed E-state index contributed by atoms with van der Waals surface area (Å²) in [7, 11) is 0. The Bertz CT molecular complexity index is 948. The summed E-state index contributed by atoms with van der Waals surface area (Å²) in [6.45, 7) is 4.14. The summed E-state index contributed by atoms with van der Waals surface area (Å²) in [5.74, 6) is -1.43. The average Bonchev–Trinajstić information content (AvgIpc) is 2.88. The van der Waals surface area contributed by atoms with E-state index in [0.29, 0.717) is 30.6 Å². The first kappa shape index (κ1) is 32.2. The number of hydrogen-bond acceptors (Lipinski definition) is 6. The van der Waals surface area contributed by atoms with Crippen molar-refractivity contribution in [3.63, 3.8) is 0 Å². The first-order valence-electron chi connectivity index (χ1n) is 12.8. The first-order chi connectivity index (χ1) is 18.2. The molecular formula is C25H40N8O5. The zero-order chi connectivity index (χ0) is 28.3. The molecule has 0 spiro atoms. The Hall–Kier alpha value is -3.83. The lowest BCUT2D eigenvalue weighted by molar-refractivity contribution is -0.132. The number of anilines is 1. The number of primary amides is 1. The second-order valence-electron chi connectivity index (χ2n) is 9.25. The molecule has 5 amide bonds. The lowest BCUT2D eigenvalue weighted by atomic mass is 10.0. The standard InChI is InChI=1S/C25H40N8O5/c1-17(2)22(32-21(35)9-5-3-4-6-15-29-33-27)24(37)31-20(8-7-14-28-25(26)38)23(36)30-19-12-10-18(16-34)11-13-19/h10-13,17,20,22,34H,3-9,14-16H2,1-2H3,(H,30,36)(H,31,37)(H,32,35)(H3,26,28,38). The molecule has 0 aliphatic carbocycles. The molecule has 2 unspecified atom stereocenters. The minimum atomic E-state index is -0.927. The van der Waals surface area contributed by atoms with E-state index in [1.807, 2.05) is 0 Å². The second-order valence-corrected chi connectivity index (χ2v) is 9.25. The third-order valence-corrected chi connectivity index (χ3v) is 5.75. The monoisotopic (exact) mass is 532 g/mol. The molecule has 0 heterocycles. The summed E-state index contributed by atoms with van der Waals surface area (Å²) in [6, 6.07) is 4.18. The van der Waals surface area contributed by atoms with Crippen LogP contribution in [0.4, 0.5) is 10.5 Å². The summed E-state index contributed by atoms with van der Waals surface area (Å²) in [6.07, 6.45) is 3.89. The Balaban J connectivity index is 2.76. The molecule has 0 saturated carbocycles. The number of carbonyl (C=O) groups is 4. The fourth-order valence-electron chi connectivity index (χ4n) is 3.62. The van der Waals surface area contributed by atoms with Crippen molar-refractivity contribution in [2.45, 2.75) is 77.5 Å². The molecule has 38 heavy (non-hydrogen) atoms. The number of carbonyl (C=O) groups excluding carboxylic acids is 4. The SMILES string of the molecule is CC(C)C(NC(=O)CCCCCCN=[N+]=[N-])C(=O)NC(CCCNC(N)=O)C(=O)Nc1ccc(CO)cc1. The van der Waals surface area contributed by atoms with Crippen LogP contribution in [0.15, 0.2) is 29.4 Å². The van der Waals surface area contributed by atoms with Gasteiger partial charge in [0.15, 0.2) is 0 Å². The highest BCUT2D eigenvalue weighted by molar-refractivity contribution is 5.98. The largest absolute Gasteiger partial charge is 0.392 e. The topological polar surface area (TPSA) is 211 Å². The average molecular weight is 533 g/mol. The third-order valence-electron chi connectivity index (χ3n) is 5.75. The Morgan fingerprint density at radius 3 is 2.29 bits per heavy atom. The zero-order valence-corrected chi connectivity index (χ0v) is 22.1. The van der Waals surface area contributed by atoms with E-state index in [4.69, 9.17) is 11.3 Å². The van der Waals surface area contributed by atoms with E-state index in [1.165, 1.54) is 0 Å². The molecule has 13 heteroatoms. The molecule has 2 atom stereocenters. The lowest BCUT2D eigenvalue weighted by Crippen LogP contribution is -2.54. The normalized spacial score (nSPS) is 12.1. The molecule has 0 fully saturated rings. The van der Waals surface area contributed by atoms with Gasteiger partial charge in [0, 0.05) is 30.1 Å². The van der Waals surface area contributed by atoms with E-state index in [9.17, 15) is 24.3 Å². The summed E-state index contributed by atoms with van der Waals surface area (Å²) >= 11 is 0. The second kappa shape index (κ2) is 18.4. The number of aliphatic hydroxyl groups excluding tert-OH is 1. The van der Waals surface area contributed by atoms with Crippen molar-refractivity contribution in [3.05, 3.63) is 40.3 Å². The fraction of sp³-hybridized carbons (Fsp3) is 0.600. The molecule has 210 valence electrons. The van der Waals surface area contributed by atoms with Crippen LogP contribution in [0.2, 0.25) is 0 Å². The number of benzene rings is 1. The first-order valence-corrected chi connectivity index (χ1v) is 12.8. The Labute approximate surface area is 222 Å². The Morgan fingerprint density at radius 2 is 1.68 bits per heavy atom. The maximum absolute atomic E-state index is 13.1. The number of rotatable bonds is 18. The molecule has 7 N–H and O–H groups in total. The van der Waals surface area contributed by atoms with Gasteiger partial charge in [-0.2, -0.15) is 0 Å². The quantitative estimate of drug-likeness (QED) is 0.0725. The van der Waals surface area contributed by atoms with Crippen LogP contribution in [0, 0.1) is 5.92 Å². The number of aliphatic hydroxyl groups is 1. The van der Waals surface area contributed by atoms with Gasteiger partial charge in [-0.25, -0.2) is 4.79 Å². The van der Waals surface area contributed by atoms with Gasteiger partial charge in [0.25, 0.3) is 0 Å². The van der Waals surface area contributed by atoms with Gasteiger partial charge < -0.3 is 32.1 Å². The van der Waals surface area contributed by atoms with Gasteiger partial charge >= 0.3 is 6.03 Å². The number of urea groups is 1. The summed E-state index contributed by atoms with van der Waals surface area (Å²) < 4.78 is 0. The maximum atomic E-state index is 13.1. The van der Waals surface area contributed by atoms with Crippen molar-refractivity contribution < 1.29 is 24.3 Å². The molecule has 1 aromatic carbocycles. The molecule has 0 saturated heterocycles. The predicted octanol–water partition coefficient (Wildman–Crippen LogP) is 2.45. The van der Waals surface area contributed by atoms with Crippen LogP contribution >= 0.6 is 0 Å². The lowest BCUT2D eigenvalue weighted by Gasteiger charge is -2.25. The highest BCUT2D eigenvalue weighted by atomic mass is 16.3. The van der Waals surface area contributed by atoms with Crippen LogP contribution in [0.5, 0.6) is 0 Å². The molecule has 13 nitrogen and oxygen atoms in total. The number of nitrogens with one attached hydrogen (secondary N) is 4. The number of nitrogens with zero attached hydrogens (tertiary/aromatic N) is 3. The summed E-state index contributed by atoms with van der Waals surface area (Å²) in [5.41, 5.74) is 14.6. The van der Waals surface area contributed by atoms with Crippen LogP contribution in [0.25, 0.3) is 10.4 Å². The molecule has 0 aromatic heterocycles. The van der Waals surface area contributed by atoms with Crippen molar-refractivity contribution in [2.75, 3.05) is 18.4 Å². The molecule has 1 aromatic rings. The van der Waals surface area contributed by atoms with Crippen LogP contribution in [0.1, 0.15) is 64.4 Å². The minimum Gasteiger partial charge on any atom is -0.392 e. The van der Waals surface area contributed by atoms with E-state index in [0.717, 1.165) is 19.3 Å². The maximum Gasteiger partial charge on any atom is 0.312 e. The van der Waals surface area contributed by atoms with Crippen molar-refractivity contribution in [2.24, 2.45) is 16.8 Å². The van der Waals surface area contributed by atoms with Crippen molar-refractivity contribution in [1.82, 2.24) is 16.0 Å². The van der Waals surface area contributed by atoms with Gasteiger partial charge in [-0.1, -0.05) is 43.9 Å². The van der Waals surface area contributed by atoms with Gasteiger partial charge in [-0.3, -0.25) is 14.4 Å². The van der Waals surface area contributed by atoms with Crippen LogP contribution in [-0.4, -0.2) is 54.0 Å². The van der Waals surface area contributed by atoms with Crippen LogP contribution in [0.3, 0.4) is 0 Å². The molecule has 0 aliphatic rings. The van der Waals surface area contributed by atoms with E-state index in [-0.39, 0.29) is 37.8 Å². The third kappa shape index (κ3) is 13.5. The van der Waals surface area contributed by atoms with E-state index in [1.54, 1.807) is 38.1 Å². The predicted molar refractivity (Wildman–Crippen MR) is 144 cm³/mol. The number of nitrogens with two attached hydrogens (primary N) is 1. The van der Waals surface area contributed by atoms with Crippen LogP contribution in [-0.2, 0) is 21.0 Å². The zero-order valence-electron chi connectivity index (χ0n) is 22.1. The molecule has 0 radical (unpaired) electrons. The van der Waals surface area contributed by atoms with Gasteiger partial charge in [0.05, 0.1) is 6.61 Å². The number of hydrogen-bond donors (Lipinski definition) is 6. The molecule has 1 rings (SSSR count). The number of amides is 5. The Morgan fingerprint density at radius 1 is 1.00 bits per heavy atom. The fourth-order valence-corrected chi connectivity index (χ4v) is 3.62. The van der Waals surface area contributed by atoms with Crippen molar-refractivity contribution >= 4 is 29.4 Å². The highest BCUT2D eigenvalue weighted by Crippen LogP contribution is 2.12. The summed E-state index contributed by atoms with van der Waals surface area (Å²) in [4.78, 5) is 52.3. The van der Waals surface area contributed by atoms with E-state index < -0.39 is 29.9 Å². The number of azide groups is 1. The van der Waals surface area contributed by atoms with E-state index >= 15 is 0 Å². The molecular weight excluding hydrogens is 492 g/mol. The Kier molecular flexibility index (Phi) is 15.6. The summed E-state index contributed by atoms with van der Waals surface area (Å²) in [5, 5.41) is 23.4. The van der Waals surface area contributed by atoms with Crippen LogP contribution < -0.4 is 27.0 Å². The highest BCUT2D eigenvalue weighted by Gasteiger charge is 2.28.